The summed E-state index contributed by atoms with van der Waals surface area (Å²) < 4.78 is 12.3. The van der Waals surface area contributed by atoms with Gasteiger partial charge < -0.3 is 29.9 Å². The molecule has 10 nitrogen and oxygen atoms in total. The number of likely N-dealkylation sites (tertiary alicyclic amines) is 1. The summed E-state index contributed by atoms with van der Waals surface area (Å²) in [4.78, 5) is 44.5. The molecule has 0 radical (unpaired) electrons. The minimum absolute atomic E-state index is 0.0874. The van der Waals surface area contributed by atoms with Crippen molar-refractivity contribution in [3.63, 3.8) is 0 Å². The van der Waals surface area contributed by atoms with Crippen molar-refractivity contribution in [2.45, 2.75) is 104 Å². The molecule has 3 aliphatic rings. The van der Waals surface area contributed by atoms with E-state index < -0.39 is 47.5 Å². The molecule has 39 heavy (non-hydrogen) atoms. The zero-order valence-corrected chi connectivity index (χ0v) is 24.4. The van der Waals surface area contributed by atoms with Gasteiger partial charge in [0, 0.05) is 19.9 Å². The maximum atomic E-state index is 13.6. The molecule has 0 spiro atoms. The van der Waals surface area contributed by atoms with Gasteiger partial charge in [0.15, 0.2) is 0 Å². The number of nitrogens with zero attached hydrogens (tertiary/aromatic N) is 2. The van der Waals surface area contributed by atoms with E-state index in [9.17, 15) is 19.5 Å². The molecular weight excluding hydrogens is 499 g/mol. The summed E-state index contributed by atoms with van der Waals surface area (Å²) in [6.45, 7) is 16.8. The van der Waals surface area contributed by atoms with E-state index >= 15 is 0 Å². The fourth-order valence-corrected chi connectivity index (χ4v) is 5.20. The van der Waals surface area contributed by atoms with Crippen molar-refractivity contribution in [1.82, 2.24) is 15.5 Å². The third-order valence-corrected chi connectivity index (χ3v) is 8.38. The van der Waals surface area contributed by atoms with Crippen LogP contribution in [0, 0.1) is 5.41 Å². The number of aliphatic hydroxyl groups excluding tert-OH is 1. The SMILES string of the molecule is CC(=O)N[C@H](C(=O)N1C[C@H](O)CC1C1=NC(=O)C(C)(c2ccc(B3OC(C)(C)C(C)(C)O3)cc2)N1)C(C)(C)C. The van der Waals surface area contributed by atoms with Crippen molar-refractivity contribution >= 4 is 36.1 Å². The Kier molecular flexibility index (Phi) is 7.28. The van der Waals surface area contributed by atoms with E-state index in [1.165, 1.54) is 11.8 Å². The highest BCUT2D eigenvalue weighted by Crippen LogP contribution is 2.37. The Labute approximate surface area is 231 Å². The molecule has 1 aromatic carbocycles. The Morgan fingerprint density at radius 3 is 2.21 bits per heavy atom. The lowest BCUT2D eigenvalue weighted by Crippen LogP contribution is -2.58. The third kappa shape index (κ3) is 5.36. The van der Waals surface area contributed by atoms with E-state index in [2.05, 4.69) is 15.6 Å². The molecule has 2 unspecified atom stereocenters. The van der Waals surface area contributed by atoms with Gasteiger partial charge in [0.2, 0.25) is 11.8 Å². The molecule has 3 N–H and O–H groups in total. The lowest BCUT2D eigenvalue weighted by Gasteiger charge is -2.36. The minimum Gasteiger partial charge on any atom is -0.399 e. The number of hydrogen-bond donors (Lipinski definition) is 3. The third-order valence-electron chi connectivity index (χ3n) is 8.38. The molecule has 3 amide bonds. The van der Waals surface area contributed by atoms with Crippen molar-refractivity contribution < 1.29 is 28.8 Å². The molecule has 4 rings (SSSR count). The van der Waals surface area contributed by atoms with Gasteiger partial charge in [-0.15, -0.1) is 0 Å². The molecular formula is C28H41BN4O6. The molecule has 2 fully saturated rings. The first-order valence-corrected chi connectivity index (χ1v) is 13.5. The van der Waals surface area contributed by atoms with Crippen LogP contribution >= 0.6 is 0 Å². The van der Waals surface area contributed by atoms with Crippen LogP contribution < -0.4 is 16.1 Å². The first kappa shape index (κ1) is 29.2. The molecule has 4 atom stereocenters. The lowest BCUT2D eigenvalue weighted by molar-refractivity contribution is -0.139. The summed E-state index contributed by atoms with van der Waals surface area (Å²) in [5.74, 6) is -0.693. The van der Waals surface area contributed by atoms with Gasteiger partial charge in [0.05, 0.1) is 23.3 Å². The van der Waals surface area contributed by atoms with Gasteiger partial charge in [-0.2, -0.15) is 4.99 Å². The van der Waals surface area contributed by atoms with E-state index in [-0.39, 0.29) is 30.7 Å². The Balaban J connectivity index is 1.54. The number of amidine groups is 1. The number of benzene rings is 1. The summed E-state index contributed by atoms with van der Waals surface area (Å²) >= 11 is 0. The first-order chi connectivity index (χ1) is 17.9. The number of aliphatic hydroxyl groups is 1. The molecule has 11 heteroatoms. The second-order valence-corrected chi connectivity index (χ2v) is 13.2. The van der Waals surface area contributed by atoms with Gasteiger partial charge in [-0.3, -0.25) is 14.4 Å². The Morgan fingerprint density at radius 2 is 1.69 bits per heavy atom. The van der Waals surface area contributed by atoms with Gasteiger partial charge in [-0.05, 0) is 51.1 Å². The second-order valence-electron chi connectivity index (χ2n) is 13.2. The van der Waals surface area contributed by atoms with Crippen LogP contribution in [0.15, 0.2) is 29.3 Å². The number of carbonyl (C=O) groups is 3. The van der Waals surface area contributed by atoms with E-state index in [4.69, 9.17) is 9.31 Å². The predicted octanol–water partition coefficient (Wildman–Crippen LogP) is 1.24. The van der Waals surface area contributed by atoms with Crippen molar-refractivity contribution in [1.29, 1.82) is 0 Å². The maximum absolute atomic E-state index is 13.6. The van der Waals surface area contributed by atoms with Gasteiger partial charge >= 0.3 is 7.12 Å². The number of aliphatic imine (C=N–C) groups is 1. The van der Waals surface area contributed by atoms with E-state index in [0.29, 0.717) is 11.4 Å². The summed E-state index contributed by atoms with van der Waals surface area (Å²) in [5.41, 5.74) is -1.09. The monoisotopic (exact) mass is 540 g/mol. The molecule has 0 aromatic heterocycles. The molecule has 0 bridgehead atoms. The van der Waals surface area contributed by atoms with Gasteiger partial charge in [0.1, 0.15) is 17.4 Å². The normalized spacial score (nSPS) is 28.8. The number of β-amino-alcohol motifs (C(OH)–C–C–N with tert-alkyl or cyclic N) is 1. The van der Waals surface area contributed by atoms with Crippen LogP contribution in [0.2, 0.25) is 0 Å². The first-order valence-electron chi connectivity index (χ1n) is 13.5. The summed E-state index contributed by atoms with van der Waals surface area (Å²) in [6.07, 6.45) is -0.541. The number of rotatable bonds is 5. The van der Waals surface area contributed by atoms with Crippen LogP contribution in [-0.2, 0) is 29.2 Å². The Bertz CT molecular complexity index is 1180. The molecule has 2 saturated heterocycles. The van der Waals surface area contributed by atoms with Gasteiger partial charge in [-0.25, -0.2) is 0 Å². The van der Waals surface area contributed by atoms with Crippen molar-refractivity contribution in [2.24, 2.45) is 10.4 Å². The van der Waals surface area contributed by atoms with E-state index in [1.54, 1.807) is 6.92 Å². The van der Waals surface area contributed by atoms with Crippen LogP contribution in [0.4, 0.5) is 0 Å². The zero-order valence-electron chi connectivity index (χ0n) is 24.4. The molecule has 3 heterocycles. The van der Waals surface area contributed by atoms with Crippen molar-refractivity contribution in [2.75, 3.05) is 6.54 Å². The summed E-state index contributed by atoms with van der Waals surface area (Å²) in [7, 11) is -0.519. The largest absolute Gasteiger partial charge is 0.494 e. The van der Waals surface area contributed by atoms with Crippen LogP contribution in [0.5, 0.6) is 0 Å². The van der Waals surface area contributed by atoms with Gasteiger partial charge in [0.25, 0.3) is 5.91 Å². The molecule has 212 valence electrons. The van der Waals surface area contributed by atoms with Gasteiger partial charge in [-0.1, -0.05) is 45.0 Å². The summed E-state index contributed by atoms with van der Waals surface area (Å²) in [6, 6.07) is 6.04. The zero-order chi connectivity index (χ0) is 29.1. The number of hydrogen-bond acceptors (Lipinski definition) is 7. The minimum atomic E-state index is -1.15. The lowest BCUT2D eigenvalue weighted by atomic mass is 9.77. The van der Waals surface area contributed by atoms with Crippen molar-refractivity contribution in [3.8, 4) is 0 Å². The number of nitrogens with one attached hydrogen (secondary N) is 2. The van der Waals surface area contributed by atoms with Crippen LogP contribution in [-0.4, -0.2) is 76.6 Å². The smallest absolute Gasteiger partial charge is 0.399 e. The van der Waals surface area contributed by atoms with Crippen LogP contribution in [0.25, 0.3) is 0 Å². The Morgan fingerprint density at radius 1 is 1.13 bits per heavy atom. The highest BCUT2D eigenvalue weighted by molar-refractivity contribution is 6.62. The molecule has 3 aliphatic heterocycles. The van der Waals surface area contributed by atoms with Crippen LogP contribution in [0.1, 0.15) is 74.3 Å². The standard InChI is InChI=1S/C28H41BN4O6/c1-16(34)30-21(25(2,3)4)23(36)33-15-19(35)14-20(33)22-31-24(37)28(9,32-22)17-10-12-18(13-11-17)29-38-26(5,6)27(7,8)39-29/h10-13,19-21,35H,14-15H2,1-9H3,(H,30,34)(H,31,32,37)/t19-,20?,21-,28?/m1/s1. The fraction of sp³-hybridized carbons (Fsp3) is 0.643. The quantitative estimate of drug-likeness (QED) is 0.480. The van der Waals surface area contributed by atoms with Crippen molar-refractivity contribution in [3.05, 3.63) is 29.8 Å². The average Bonchev–Trinajstić information content (AvgIpc) is 3.42. The average molecular weight is 540 g/mol. The topological polar surface area (TPSA) is 130 Å². The molecule has 0 aliphatic carbocycles. The van der Waals surface area contributed by atoms with E-state index in [1.807, 2.05) is 72.7 Å². The summed E-state index contributed by atoms with van der Waals surface area (Å²) in [5, 5.41) is 16.5. The van der Waals surface area contributed by atoms with E-state index in [0.717, 1.165) is 5.46 Å². The predicted molar refractivity (Wildman–Crippen MR) is 148 cm³/mol. The molecule has 1 aromatic rings. The Hall–Kier alpha value is -2.76. The highest BCUT2D eigenvalue weighted by Gasteiger charge is 2.52. The maximum Gasteiger partial charge on any atom is 0.494 e. The number of amides is 3. The number of carbonyl (C=O) groups excluding carboxylic acids is 3. The second kappa shape index (κ2) is 9.71. The molecule has 0 saturated carbocycles. The highest BCUT2D eigenvalue weighted by atomic mass is 16.7. The van der Waals surface area contributed by atoms with Crippen LogP contribution in [0.3, 0.4) is 0 Å². The fourth-order valence-electron chi connectivity index (χ4n) is 5.20.